The Labute approximate surface area is 457 Å². The van der Waals surface area contributed by atoms with Crippen molar-refractivity contribution in [3.8, 4) is 0 Å². The van der Waals surface area contributed by atoms with Gasteiger partial charge in [0.25, 0.3) is 0 Å². The Morgan fingerprint density at radius 3 is 0.693 bits per heavy atom. The van der Waals surface area contributed by atoms with Gasteiger partial charge >= 0.3 is 0 Å². The van der Waals surface area contributed by atoms with Crippen LogP contribution in [0.4, 0.5) is 8.78 Å². The molecule has 0 N–H and O–H groups in total. The van der Waals surface area contributed by atoms with Crippen molar-refractivity contribution in [3.05, 3.63) is 216 Å². The zero-order valence-corrected chi connectivity index (χ0v) is 51.6. The van der Waals surface area contributed by atoms with Gasteiger partial charge in [-0.25, -0.2) is 8.78 Å². The Hall–Kier alpha value is -5.62. The lowest BCUT2D eigenvalue weighted by atomic mass is 9.87. The number of benzene rings is 3. The molecule has 0 saturated carbocycles. The molecule has 0 aliphatic rings. The van der Waals surface area contributed by atoms with Gasteiger partial charge in [0.05, 0.1) is 12.5 Å². The van der Waals surface area contributed by atoms with Crippen LogP contribution in [0.2, 0.25) is 0 Å². The summed E-state index contributed by atoms with van der Waals surface area (Å²) in [6, 6.07) is 39.9. The molecule has 0 aliphatic heterocycles. The summed E-state index contributed by atoms with van der Waals surface area (Å²) in [6.45, 7) is 54.0. The lowest BCUT2D eigenvalue weighted by Gasteiger charge is -2.18. The molecule has 4 heterocycles. The second-order valence-corrected chi connectivity index (χ2v) is 27.6. The highest BCUT2D eigenvalue weighted by Gasteiger charge is 2.18. The average Bonchev–Trinajstić information content (AvgIpc) is 4.05. The molecule has 0 amide bonds. The van der Waals surface area contributed by atoms with Crippen LogP contribution in [0.3, 0.4) is 0 Å². The minimum absolute atomic E-state index is 0.119. The average molecular weight is 1030 g/mol. The molecule has 0 radical (unpaired) electrons. The van der Waals surface area contributed by atoms with Crippen LogP contribution in [0, 0.1) is 17.0 Å². The first kappa shape index (κ1) is 69.4. The lowest BCUT2D eigenvalue weighted by Crippen LogP contribution is -2.10. The molecule has 0 atom stereocenters. The van der Waals surface area contributed by atoms with Crippen LogP contribution in [0.25, 0.3) is 0 Å². The highest BCUT2D eigenvalue weighted by Crippen LogP contribution is 2.26. The monoisotopic (exact) mass is 1030 g/mol. The second kappa shape index (κ2) is 30.8. The predicted molar refractivity (Wildman–Crippen MR) is 321 cm³/mol. The van der Waals surface area contributed by atoms with Crippen molar-refractivity contribution < 1.29 is 17.6 Å². The zero-order valence-electron chi connectivity index (χ0n) is 51.6. The summed E-state index contributed by atoms with van der Waals surface area (Å²) >= 11 is 0. The summed E-state index contributed by atoms with van der Waals surface area (Å²) in [5, 5.41) is 0. The largest absolute Gasteiger partial charge is 0.469 e. The van der Waals surface area contributed by atoms with E-state index in [1.807, 2.05) is 73.1 Å². The van der Waals surface area contributed by atoms with E-state index in [1.165, 1.54) is 52.1 Å². The van der Waals surface area contributed by atoms with Crippen molar-refractivity contribution >= 4 is 0 Å². The van der Waals surface area contributed by atoms with Crippen LogP contribution in [0.1, 0.15) is 212 Å². The highest BCUT2D eigenvalue weighted by atomic mass is 19.1. The Morgan fingerprint density at radius 1 is 0.280 bits per heavy atom. The molecule has 3 aromatic carbocycles. The molecule has 4 aromatic heterocycles. The predicted octanol–water partition coefficient (Wildman–Crippen LogP) is 21.2. The third-order valence-corrected chi connectivity index (χ3v) is 10.6. The van der Waals surface area contributed by atoms with Crippen molar-refractivity contribution in [1.82, 2.24) is 9.97 Å². The number of nitrogens with zero attached hydrogens (tertiary/aromatic N) is 2. The van der Waals surface area contributed by atoms with E-state index in [2.05, 4.69) is 226 Å². The molecule has 7 aromatic rings. The van der Waals surface area contributed by atoms with E-state index in [-0.39, 0.29) is 44.1 Å². The first-order valence-electron chi connectivity index (χ1n) is 26.5. The van der Waals surface area contributed by atoms with Gasteiger partial charge in [0.15, 0.2) is 0 Å². The summed E-state index contributed by atoms with van der Waals surface area (Å²) in [5.41, 5.74) is 8.11. The third kappa shape index (κ3) is 33.8. The molecule has 0 fully saturated rings. The molecule has 0 aliphatic carbocycles. The van der Waals surface area contributed by atoms with Crippen LogP contribution in [0.5, 0.6) is 0 Å². The number of halogens is 2. The maximum absolute atomic E-state index is 12.5. The minimum Gasteiger partial charge on any atom is -0.469 e. The number of hydrogen-bond acceptors (Lipinski definition) is 4. The Bertz CT molecular complexity index is 2230. The van der Waals surface area contributed by atoms with E-state index < -0.39 is 0 Å². The molecule has 75 heavy (non-hydrogen) atoms. The van der Waals surface area contributed by atoms with Gasteiger partial charge in [0, 0.05) is 35.6 Å². The van der Waals surface area contributed by atoms with Crippen LogP contribution < -0.4 is 0 Å². The molecule has 0 saturated heterocycles. The van der Waals surface area contributed by atoms with Gasteiger partial charge in [-0.3, -0.25) is 9.97 Å². The van der Waals surface area contributed by atoms with Crippen molar-refractivity contribution in [2.75, 3.05) is 0 Å². The number of furan rings is 2. The lowest BCUT2D eigenvalue weighted by molar-refractivity contribution is 0.409. The topological polar surface area (TPSA) is 52.1 Å². The summed E-state index contributed by atoms with van der Waals surface area (Å²) in [6.07, 6.45) is 10.9. The first-order valence-corrected chi connectivity index (χ1v) is 26.5. The summed E-state index contributed by atoms with van der Waals surface area (Å²) in [7, 11) is 0. The van der Waals surface area contributed by atoms with Gasteiger partial charge in [0.2, 0.25) is 0 Å². The number of pyridine rings is 2. The van der Waals surface area contributed by atoms with Crippen LogP contribution in [-0.4, -0.2) is 9.97 Å². The fourth-order valence-electron chi connectivity index (χ4n) is 5.86. The zero-order chi connectivity index (χ0) is 58.1. The standard InChI is InChI=1S/2C10H13F.C10H14.2C9H13N.2C8H12O.C5H12/c2*1-10(2,3)8-4-6-9(11)7-5-8;1-10(2,3)9-7-5-4-6-8-9;2*1-9(2,3)8-5-4-6-10-7-8;2*1-8(2,3)7-5-4-6-9-7;1-5(2,3)4/h2*4-7H,1-3H3;4-8H,1-3H3;2*4-7H,1-3H3;2*4-6H,1-3H3;1-4H3. The number of hydrogen-bond donors (Lipinski definition) is 0. The maximum Gasteiger partial charge on any atom is 0.123 e. The molecule has 0 bridgehead atoms. The molecular formula is C69H102F2N2O2. The first-order chi connectivity index (χ1) is 34.0. The van der Waals surface area contributed by atoms with Gasteiger partial charge in [-0.15, -0.1) is 0 Å². The minimum atomic E-state index is -0.169. The molecular weight excluding hydrogens is 927 g/mol. The van der Waals surface area contributed by atoms with Gasteiger partial charge in [-0.05, 0) is 121 Å². The van der Waals surface area contributed by atoms with Gasteiger partial charge < -0.3 is 8.83 Å². The summed E-state index contributed by atoms with van der Waals surface area (Å²) in [4.78, 5) is 8.10. The molecule has 0 unspecified atom stereocenters. The normalized spacial score (nSPS) is 11.7. The molecule has 7 rings (SSSR count). The molecule has 414 valence electrons. The number of rotatable bonds is 0. The van der Waals surface area contributed by atoms with Gasteiger partial charge in [-0.1, -0.05) is 240 Å². The van der Waals surface area contributed by atoms with Crippen LogP contribution in [-0.2, 0) is 37.9 Å². The van der Waals surface area contributed by atoms with Crippen molar-refractivity contribution in [3.63, 3.8) is 0 Å². The summed E-state index contributed by atoms with van der Waals surface area (Å²) < 4.78 is 35.3. The van der Waals surface area contributed by atoms with E-state index in [0.29, 0.717) is 10.8 Å². The highest BCUT2D eigenvalue weighted by molar-refractivity contribution is 5.25. The Morgan fingerprint density at radius 2 is 0.533 bits per heavy atom. The van der Waals surface area contributed by atoms with E-state index in [9.17, 15) is 8.78 Å². The molecule has 0 spiro atoms. The second-order valence-electron chi connectivity index (χ2n) is 27.6. The Kier molecular flexibility index (Phi) is 28.5. The third-order valence-electron chi connectivity index (χ3n) is 10.6. The fraction of sp³-hybridized carbons (Fsp3) is 0.478. The molecule has 4 nitrogen and oxygen atoms in total. The SMILES string of the molecule is CC(C)(C)C.CC(C)(C)c1ccc(F)cc1.CC(C)(C)c1ccc(F)cc1.CC(C)(C)c1ccccc1.CC(C)(C)c1cccnc1.CC(C)(C)c1cccnc1.CC(C)(C)c1ccco1.CC(C)(C)c1ccco1. The Balaban J connectivity index is 0.000000840. The van der Waals surface area contributed by atoms with Crippen LogP contribution in [0.15, 0.2) is 174 Å². The van der Waals surface area contributed by atoms with Crippen molar-refractivity contribution in [2.24, 2.45) is 5.41 Å². The van der Waals surface area contributed by atoms with Crippen molar-refractivity contribution in [1.29, 1.82) is 0 Å². The quantitative estimate of drug-likeness (QED) is 0.152. The van der Waals surface area contributed by atoms with Gasteiger partial charge in [-0.2, -0.15) is 0 Å². The van der Waals surface area contributed by atoms with E-state index in [0.717, 1.165) is 11.5 Å². The van der Waals surface area contributed by atoms with E-state index in [1.54, 1.807) is 24.9 Å². The van der Waals surface area contributed by atoms with E-state index >= 15 is 0 Å². The summed E-state index contributed by atoms with van der Waals surface area (Å²) in [5.74, 6) is 1.75. The maximum atomic E-state index is 12.5. The fourth-order valence-corrected chi connectivity index (χ4v) is 5.86. The van der Waals surface area contributed by atoms with Crippen molar-refractivity contribution in [2.45, 2.75) is 211 Å². The number of aromatic nitrogens is 2. The van der Waals surface area contributed by atoms with Crippen LogP contribution >= 0.6 is 0 Å². The van der Waals surface area contributed by atoms with E-state index in [4.69, 9.17) is 8.83 Å². The van der Waals surface area contributed by atoms with Gasteiger partial charge in [0.1, 0.15) is 23.2 Å². The molecule has 6 heteroatoms. The smallest absolute Gasteiger partial charge is 0.123 e.